The highest BCUT2D eigenvalue weighted by Crippen LogP contribution is 2.29. The Morgan fingerprint density at radius 2 is 1.90 bits per heavy atom. The molecule has 2 rings (SSSR count). The van der Waals surface area contributed by atoms with Crippen molar-refractivity contribution in [2.45, 2.75) is 46.0 Å². The molecule has 1 aliphatic rings. The number of hydrogen-bond acceptors (Lipinski definition) is 2. The summed E-state index contributed by atoms with van der Waals surface area (Å²) >= 11 is 0. The summed E-state index contributed by atoms with van der Waals surface area (Å²) in [6.07, 6.45) is 3.81. The zero-order valence-electron chi connectivity index (χ0n) is 13.1. The lowest BCUT2D eigenvalue weighted by atomic mass is 10.0. The first-order chi connectivity index (χ1) is 9.60. The average molecular weight is 273 g/mol. The van der Waals surface area contributed by atoms with Gasteiger partial charge in [-0.15, -0.1) is 0 Å². The average Bonchev–Trinajstić information content (AvgIpc) is 3.23. The van der Waals surface area contributed by atoms with Gasteiger partial charge in [-0.1, -0.05) is 45.0 Å². The third-order valence-electron chi connectivity index (χ3n) is 4.02. The van der Waals surface area contributed by atoms with Gasteiger partial charge in [-0.05, 0) is 43.2 Å². The SMILES string of the molecule is CCCN(CC(=O)c1ccc(C(C)C)cc1)CC1CC1. The predicted molar refractivity (Wildman–Crippen MR) is 84.3 cm³/mol. The minimum atomic E-state index is 0.259. The third-order valence-corrected chi connectivity index (χ3v) is 4.02. The molecule has 0 atom stereocenters. The monoisotopic (exact) mass is 273 g/mol. The second-order valence-electron chi connectivity index (χ2n) is 6.38. The van der Waals surface area contributed by atoms with Crippen molar-refractivity contribution in [3.63, 3.8) is 0 Å². The number of carbonyl (C=O) groups is 1. The highest BCUT2D eigenvalue weighted by Gasteiger charge is 2.25. The first-order valence-electron chi connectivity index (χ1n) is 7.95. The van der Waals surface area contributed by atoms with Crippen LogP contribution in [-0.4, -0.2) is 30.3 Å². The lowest BCUT2D eigenvalue weighted by Crippen LogP contribution is -2.32. The van der Waals surface area contributed by atoms with Gasteiger partial charge < -0.3 is 0 Å². The Morgan fingerprint density at radius 1 is 1.25 bits per heavy atom. The molecule has 0 aromatic heterocycles. The fourth-order valence-electron chi connectivity index (χ4n) is 2.56. The van der Waals surface area contributed by atoms with Crippen molar-refractivity contribution in [1.82, 2.24) is 4.90 Å². The second-order valence-corrected chi connectivity index (χ2v) is 6.38. The van der Waals surface area contributed by atoms with E-state index in [1.165, 1.54) is 18.4 Å². The lowest BCUT2D eigenvalue weighted by Gasteiger charge is -2.20. The van der Waals surface area contributed by atoms with Gasteiger partial charge in [-0.3, -0.25) is 9.69 Å². The number of nitrogens with zero attached hydrogens (tertiary/aromatic N) is 1. The van der Waals surface area contributed by atoms with Gasteiger partial charge >= 0.3 is 0 Å². The van der Waals surface area contributed by atoms with Crippen LogP contribution in [0.1, 0.15) is 61.9 Å². The first-order valence-corrected chi connectivity index (χ1v) is 7.95. The molecule has 0 bridgehead atoms. The van der Waals surface area contributed by atoms with Gasteiger partial charge in [0, 0.05) is 12.1 Å². The van der Waals surface area contributed by atoms with E-state index in [4.69, 9.17) is 0 Å². The van der Waals surface area contributed by atoms with E-state index in [-0.39, 0.29) is 5.78 Å². The first kappa shape index (κ1) is 15.2. The van der Waals surface area contributed by atoms with E-state index in [2.05, 4.69) is 37.8 Å². The van der Waals surface area contributed by atoms with Crippen LogP contribution in [0.2, 0.25) is 0 Å². The summed E-state index contributed by atoms with van der Waals surface area (Å²) in [7, 11) is 0. The molecule has 20 heavy (non-hydrogen) atoms. The molecule has 0 amide bonds. The van der Waals surface area contributed by atoms with Gasteiger partial charge in [0.2, 0.25) is 0 Å². The van der Waals surface area contributed by atoms with Crippen molar-refractivity contribution >= 4 is 5.78 Å². The van der Waals surface area contributed by atoms with Crippen LogP contribution in [0.5, 0.6) is 0 Å². The largest absolute Gasteiger partial charge is 0.296 e. The van der Waals surface area contributed by atoms with E-state index in [0.29, 0.717) is 12.5 Å². The molecule has 0 unspecified atom stereocenters. The minimum Gasteiger partial charge on any atom is -0.296 e. The molecule has 2 nitrogen and oxygen atoms in total. The molecule has 0 radical (unpaired) electrons. The summed E-state index contributed by atoms with van der Waals surface area (Å²) in [5, 5.41) is 0. The van der Waals surface area contributed by atoms with E-state index in [1.54, 1.807) is 0 Å². The number of ketones is 1. The summed E-state index contributed by atoms with van der Waals surface area (Å²) in [5.41, 5.74) is 2.15. The molecule has 0 saturated heterocycles. The Hall–Kier alpha value is -1.15. The van der Waals surface area contributed by atoms with Crippen LogP contribution in [0.15, 0.2) is 24.3 Å². The number of benzene rings is 1. The Balaban J connectivity index is 1.94. The molecule has 2 heteroatoms. The van der Waals surface area contributed by atoms with Gasteiger partial charge in [0.1, 0.15) is 0 Å². The Kier molecular flexibility index (Phi) is 5.36. The number of Topliss-reactive ketones (excluding diaryl/α,β-unsaturated/α-hetero) is 1. The fourth-order valence-corrected chi connectivity index (χ4v) is 2.56. The third kappa shape index (κ3) is 4.45. The zero-order chi connectivity index (χ0) is 14.5. The maximum absolute atomic E-state index is 12.4. The van der Waals surface area contributed by atoms with E-state index in [0.717, 1.165) is 31.0 Å². The normalized spacial score (nSPS) is 15.1. The molecule has 0 heterocycles. The summed E-state index contributed by atoms with van der Waals surface area (Å²) in [5.74, 6) is 1.62. The predicted octanol–water partition coefficient (Wildman–Crippen LogP) is 4.11. The maximum atomic E-state index is 12.4. The quantitative estimate of drug-likeness (QED) is 0.664. The van der Waals surface area contributed by atoms with Crippen LogP contribution in [0.3, 0.4) is 0 Å². The summed E-state index contributed by atoms with van der Waals surface area (Å²) in [4.78, 5) is 14.7. The van der Waals surface area contributed by atoms with E-state index in [9.17, 15) is 4.79 Å². The van der Waals surface area contributed by atoms with Crippen LogP contribution in [0.25, 0.3) is 0 Å². The van der Waals surface area contributed by atoms with Gasteiger partial charge in [0.25, 0.3) is 0 Å². The van der Waals surface area contributed by atoms with Crippen LogP contribution in [-0.2, 0) is 0 Å². The Bertz CT molecular complexity index is 431. The standard InChI is InChI=1S/C18H27NO/c1-4-11-19(12-15-5-6-15)13-18(20)17-9-7-16(8-10-17)14(2)3/h7-10,14-15H,4-6,11-13H2,1-3H3. The van der Waals surface area contributed by atoms with Crippen LogP contribution in [0.4, 0.5) is 0 Å². The molecule has 1 aromatic rings. The summed E-state index contributed by atoms with van der Waals surface area (Å²) in [6.45, 7) is 9.24. The number of carbonyl (C=O) groups excluding carboxylic acids is 1. The molecular formula is C18H27NO. The van der Waals surface area contributed by atoms with Crippen molar-refractivity contribution in [2.24, 2.45) is 5.92 Å². The van der Waals surface area contributed by atoms with Crippen LogP contribution < -0.4 is 0 Å². The molecule has 0 N–H and O–H groups in total. The maximum Gasteiger partial charge on any atom is 0.176 e. The molecule has 0 aliphatic heterocycles. The van der Waals surface area contributed by atoms with E-state index >= 15 is 0 Å². The smallest absolute Gasteiger partial charge is 0.176 e. The molecule has 1 aromatic carbocycles. The van der Waals surface area contributed by atoms with Crippen molar-refractivity contribution in [2.75, 3.05) is 19.6 Å². The number of hydrogen-bond donors (Lipinski definition) is 0. The van der Waals surface area contributed by atoms with Crippen LogP contribution in [0, 0.1) is 5.92 Å². The molecule has 1 aliphatic carbocycles. The summed E-state index contributed by atoms with van der Waals surface area (Å²) in [6, 6.07) is 8.14. The minimum absolute atomic E-state index is 0.259. The highest BCUT2D eigenvalue weighted by molar-refractivity contribution is 5.97. The van der Waals surface area contributed by atoms with Gasteiger partial charge in [-0.2, -0.15) is 0 Å². The van der Waals surface area contributed by atoms with Crippen molar-refractivity contribution in [3.05, 3.63) is 35.4 Å². The molecule has 0 spiro atoms. The van der Waals surface area contributed by atoms with Gasteiger partial charge in [-0.25, -0.2) is 0 Å². The molecule has 1 fully saturated rings. The van der Waals surface area contributed by atoms with Gasteiger partial charge in [0.05, 0.1) is 6.54 Å². The lowest BCUT2D eigenvalue weighted by molar-refractivity contribution is 0.0927. The topological polar surface area (TPSA) is 20.3 Å². The molecule has 1 saturated carbocycles. The molecular weight excluding hydrogens is 246 g/mol. The van der Waals surface area contributed by atoms with Gasteiger partial charge in [0.15, 0.2) is 5.78 Å². The fraction of sp³-hybridized carbons (Fsp3) is 0.611. The van der Waals surface area contributed by atoms with Crippen molar-refractivity contribution in [3.8, 4) is 0 Å². The number of rotatable bonds is 8. The second kappa shape index (κ2) is 7.03. The molecule has 110 valence electrons. The van der Waals surface area contributed by atoms with Crippen LogP contribution >= 0.6 is 0 Å². The highest BCUT2D eigenvalue weighted by atomic mass is 16.1. The van der Waals surface area contributed by atoms with E-state index < -0.39 is 0 Å². The Morgan fingerprint density at radius 3 is 2.40 bits per heavy atom. The zero-order valence-corrected chi connectivity index (χ0v) is 13.1. The summed E-state index contributed by atoms with van der Waals surface area (Å²) < 4.78 is 0. The van der Waals surface area contributed by atoms with Crippen molar-refractivity contribution in [1.29, 1.82) is 0 Å². The van der Waals surface area contributed by atoms with E-state index in [1.807, 2.05) is 12.1 Å². The van der Waals surface area contributed by atoms with Crippen molar-refractivity contribution < 1.29 is 4.79 Å². The Labute approximate surface area is 123 Å².